The molecule has 5 aromatic carbocycles. The lowest BCUT2D eigenvalue weighted by Gasteiger charge is -2.18. The maximum atomic E-state index is 5.35. The molecule has 0 saturated carbocycles. The molecule has 0 bridgehead atoms. The maximum Gasteiger partial charge on any atom is 0.0642 e. The SMILES string of the molecule is CCCCCCc1cc(N=C(CC)C(C)=Nc2cc(CCCCCC)c(-c3ccccc3)c(-c3ccccc3)c2)cc(CC)c1-c1ccccc1. The van der Waals surface area contributed by atoms with Crippen LogP contribution in [0.15, 0.2) is 125 Å². The summed E-state index contributed by atoms with van der Waals surface area (Å²) < 4.78 is 0. The minimum Gasteiger partial charge on any atom is -0.252 e. The summed E-state index contributed by atoms with van der Waals surface area (Å²) in [4.78, 5) is 10.7. The average Bonchev–Trinajstić information content (AvgIpc) is 3.17. The molecule has 0 amide bonds. The van der Waals surface area contributed by atoms with E-state index < -0.39 is 0 Å². The Labute approximate surface area is 308 Å². The quantitative estimate of drug-likeness (QED) is 0.0653. The van der Waals surface area contributed by atoms with Crippen molar-refractivity contribution in [3.8, 4) is 33.4 Å². The van der Waals surface area contributed by atoms with Gasteiger partial charge < -0.3 is 0 Å². The summed E-state index contributed by atoms with van der Waals surface area (Å²) >= 11 is 0. The van der Waals surface area contributed by atoms with Gasteiger partial charge in [-0.05, 0) is 120 Å². The highest BCUT2D eigenvalue weighted by Gasteiger charge is 2.16. The van der Waals surface area contributed by atoms with Gasteiger partial charge in [-0.2, -0.15) is 0 Å². The standard InChI is InChI=1S/C49H58N2/c1-6-10-12-17-31-42-34-44(33-38(8-3)48(42)40-27-21-15-22-28-40)51-47(9-4)37(5)50-45-35-43(32-18-13-11-7-2)49(41-29-23-16-24-30-41)46(36-45)39-25-19-14-20-26-39/h14-16,19-30,33-36H,6-13,17-18,31-32H2,1-5H3. The van der Waals surface area contributed by atoms with E-state index in [0.29, 0.717) is 0 Å². The number of hydrogen-bond donors (Lipinski definition) is 0. The van der Waals surface area contributed by atoms with Crippen LogP contribution in [0, 0.1) is 0 Å². The monoisotopic (exact) mass is 674 g/mol. The predicted molar refractivity (Wildman–Crippen MR) is 224 cm³/mol. The van der Waals surface area contributed by atoms with Crippen LogP contribution in [0.1, 0.15) is 109 Å². The van der Waals surface area contributed by atoms with Crippen molar-refractivity contribution in [2.75, 3.05) is 0 Å². The van der Waals surface area contributed by atoms with E-state index in [1.807, 2.05) is 0 Å². The Kier molecular flexibility index (Phi) is 14.6. The molecule has 0 radical (unpaired) electrons. The molecule has 0 aliphatic rings. The van der Waals surface area contributed by atoms with Gasteiger partial charge in [0.1, 0.15) is 0 Å². The topological polar surface area (TPSA) is 24.7 Å². The third-order valence-electron chi connectivity index (χ3n) is 9.99. The molecule has 5 aromatic rings. The largest absolute Gasteiger partial charge is 0.252 e. The van der Waals surface area contributed by atoms with Gasteiger partial charge >= 0.3 is 0 Å². The van der Waals surface area contributed by atoms with Crippen molar-refractivity contribution in [3.05, 3.63) is 132 Å². The van der Waals surface area contributed by atoms with Crippen LogP contribution in [-0.4, -0.2) is 11.4 Å². The fraction of sp³-hybridized carbons (Fsp3) is 0.347. The molecule has 0 fully saturated rings. The lowest BCUT2D eigenvalue weighted by molar-refractivity contribution is 0.667. The fourth-order valence-electron chi connectivity index (χ4n) is 7.32. The van der Waals surface area contributed by atoms with Gasteiger partial charge in [0.15, 0.2) is 0 Å². The van der Waals surface area contributed by atoms with Gasteiger partial charge in [0, 0.05) is 0 Å². The molecule has 0 saturated heterocycles. The number of aryl methyl sites for hydroxylation is 3. The minimum atomic E-state index is 0.820. The molecular formula is C49H58N2. The lowest BCUT2D eigenvalue weighted by atomic mass is 9.87. The zero-order chi connectivity index (χ0) is 35.8. The number of unbranched alkanes of at least 4 members (excludes halogenated alkanes) is 6. The number of aliphatic imine (C=N–C) groups is 2. The van der Waals surface area contributed by atoms with Crippen LogP contribution in [0.25, 0.3) is 33.4 Å². The third-order valence-corrected chi connectivity index (χ3v) is 9.99. The summed E-state index contributed by atoms with van der Waals surface area (Å²) in [5.41, 5.74) is 16.0. The van der Waals surface area contributed by atoms with Crippen LogP contribution in [0.3, 0.4) is 0 Å². The first-order chi connectivity index (χ1) is 25.1. The Bertz CT molecular complexity index is 1870. The molecule has 0 aliphatic carbocycles. The molecule has 0 unspecified atom stereocenters. The third kappa shape index (κ3) is 10.3. The number of nitrogens with zero attached hydrogens (tertiary/aromatic N) is 2. The predicted octanol–water partition coefficient (Wildman–Crippen LogP) is 14.8. The molecule has 2 nitrogen and oxygen atoms in total. The van der Waals surface area contributed by atoms with Crippen LogP contribution in [-0.2, 0) is 19.3 Å². The molecule has 5 rings (SSSR count). The van der Waals surface area contributed by atoms with Crippen LogP contribution in [0.2, 0.25) is 0 Å². The van der Waals surface area contributed by atoms with Crippen LogP contribution in [0.4, 0.5) is 11.4 Å². The molecule has 0 aliphatic heterocycles. The first kappa shape index (κ1) is 37.7. The van der Waals surface area contributed by atoms with E-state index in [0.717, 1.165) is 48.5 Å². The van der Waals surface area contributed by atoms with E-state index in [1.54, 1.807) is 0 Å². The lowest BCUT2D eigenvalue weighted by Crippen LogP contribution is -2.09. The summed E-state index contributed by atoms with van der Waals surface area (Å²) in [5.74, 6) is 0. The molecule has 0 aromatic heterocycles. The number of rotatable bonds is 18. The highest BCUT2D eigenvalue weighted by Crippen LogP contribution is 2.40. The number of benzene rings is 5. The van der Waals surface area contributed by atoms with Gasteiger partial charge in [-0.1, -0.05) is 157 Å². The Balaban J connectivity index is 1.59. The van der Waals surface area contributed by atoms with E-state index in [4.69, 9.17) is 9.98 Å². The molecular weight excluding hydrogens is 617 g/mol. The van der Waals surface area contributed by atoms with E-state index in [1.165, 1.54) is 101 Å². The molecule has 0 spiro atoms. The highest BCUT2D eigenvalue weighted by atomic mass is 14.8. The minimum absolute atomic E-state index is 0.820. The molecule has 0 atom stereocenters. The fourth-order valence-corrected chi connectivity index (χ4v) is 7.32. The first-order valence-electron chi connectivity index (χ1n) is 19.7. The van der Waals surface area contributed by atoms with Crippen LogP contribution >= 0.6 is 0 Å². The summed E-state index contributed by atoms with van der Waals surface area (Å²) in [6.45, 7) is 11.2. The number of hydrogen-bond acceptors (Lipinski definition) is 2. The molecule has 0 heterocycles. The van der Waals surface area contributed by atoms with Gasteiger partial charge in [-0.25, -0.2) is 0 Å². The second-order valence-corrected chi connectivity index (χ2v) is 13.8. The van der Waals surface area contributed by atoms with Crippen LogP contribution in [0.5, 0.6) is 0 Å². The van der Waals surface area contributed by atoms with Gasteiger partial charge in [-0.3, -0.25) is 9.98 Å². The van der Waals surface area contributed by atoms with Crippen molar-refractivity contribution in [3.63, 3.8) is 0 Å². The second-order valence-electron chi connectivity index (χ2n) is 13.8. The summed E-state index contributed by atoms with van der Waals surface area (Å²) in [6.07, 6.45) is 13.8. The van der Waals surface area contributed by atoms with Crippen molar-refractivity contribution < 1.29 is 0 Å². The Morgan fingerprint density at radius 2 is 0.941 bits per heavy atom. The Hall–Kier alpha value is -4.56. The van der Waals surface area contributed by atoms with Gasteiger partial charge in [0.2, 0.25) is 0 Å². The molecule has 2 heteroatoms. The Morgan fingerprint density at radius 1 is 0.471 bits per heavy atom. The van der Waals surface area contributed by atoms with Crippen molar-refractivity contribution in [1.29, 1.82) is 0 Å². The van der Waals surface area contributed by atoms with Crippen molar-refractivity contribution in [1.82, 2.24) is 0 Å². The van der Waals surface area contributed by atoms with Crippen molar-refractivity contribution >= 4 is 22.8 Å². The maximum absolute atomic E-state index is 5.35. The van der Waals surface area contributed by atoms with Crippen molar-refractivity contribution in [2.45, 2.75) is 112 Å². The van der Waals surface area contributed by atoms with E-state index in [-0.39, 0.29) is 0 Å². The summed E-state index contributed by atoms with van der Waals surface area (Å²) in [7, 11) is 0. The van der Waals surface area contributed by atoms with E-state index >= 15 is 0 Å². The van der Waals surface area contributed by atoms with E-state index in [9.17, 15) is 0 Å². The molecule has 264 valence electrons. The second kappa shape index (κ2) is 19.7. The summed E-state index contributed by atoms with van der Waals surface area (Å²) in [6, 6.07) is 42.0. The smallest absolute Gasteiger partial charge is 0.0642 e. The molecule has 51 heavy (non-hydrogen) atoms. The zero-order valence-corrected chi connectivity index (χ0v) is 31.8. The first-order valence-corrected chi connectivity index (χ1v) is 19.7. The van der Waals surface area contributed by atoms with E-state index in [2.05, 4.69) is 150 Å². The van der Waals surface area contributed by atoms with Crippen LogP contribution < -0.4 is 0 Å². The normalized spacial score (nSPS) is 12.0. The van der Waals surface area contributed by atoms with Gasteiger partial charge in [0.25, 0.3) is 0 Å². The van der Waals surface area contributed by atoms with Gasteiger partial charge in [0.05, 0.1) is 22.8 Å². The molecule has 0 N–H and O–H groups in total. The summed E-state index contributed by atoms with van der Waals surface area (Å²) in [5, 5.41) is 0. The highest BCUT2D eigenvalue weighted by molar-refractivity contribution is 6.42. The van der Waals surface area contributed by atoms with Gasteiger partial charge in [-0.15, -0.1) is 0 Å². The average molecular weight is 675 g/mol. The van der Waals surface area contributed by atoms with Crippen molar-refractivity contribution in [2.24, 2.45) is 9.98 Å². The zero-order valence-electron chi connectivity index (χ0n) is 31.8. The Morgan fingerprint density at radius 3 is 1.45 bits per heavy atom.